The summed E-state index contributed by atoms with van der Waals surface area (Å²) in [6, 6.07) is 20.2. The number of rotatable bonds is 13. The SMILES string of the molecule is C=O.COCC1CCc2cc3c(cc2[C@H]1NC(=O)/C(=C/c1ccc(OC)cc1)c1cc(OC)c(OC)c(OC)c1)OCO3.COc1cccc(OC)c1OC. The van der Waals surface area contributed by atoms with Gasteiger partial charge in [0, 0.05) is 18.6 Å². The van der Waals surface area contributed by atoms with E-state index in [-0.39, 0.29) is 24.7 Å². The standard InChI is InChI=1S/C32H35NO8.C9H12O3.CH2O/c1-35-17-21-9-8-20-13-26-27(41-18-40-26)16-24(20)30(21)33-32(34)25(12-19-6-10-23(36-2)11-7-19)22-14-28(37-3)31(39-5)29(15-22)38-4;1-10-7-5-4-6-8(11-2)9(7)12-3;1-2/h6-7,10-16,21,30H,8-9,17-18H2,1-5H3,(H,33,34);4-6H,1-3H3;1H2/b25-12+;;/t21?,30-;;/m0../s1. The Morgan fingerprint density at radius 2 is 1.29 bits per heavy atom. The van der Waals surface area contributed by atoms with Crippen LogP contribution in [0.1, 0.15) is 34.7 Å². The Kier molecular flexibility index (Phi) is 15.5. The molecule has 1 heterocycles. The van der Waals surface area contributed by atoms with Crippen LogP contribution in [0.5, 0.6) is 51.7 Å². The molecule has 2 aliphatic rings. The summed E-state index contributed by atoms with van der Waals surface area (Å²) in [7, 11) is 12.7. The fraction of sp³-hybridized carbons (Fsp3) is 0.333. The number of methoxy groups -OCH3 is 8. The van der Waals surface area contributed by atoms with Crippen molar-refractivity contribution in [1.29, 1.82) is 0 Å². The van der Waals surface area contributed by atoms with Gasteiger partial charge in [0.2, 0.25) is 18.3 Å². The van der Waals surface area contributed by atoms with E-state index in [9.17, 15) is 4.79 Å². The largest absolute Gasteiger partial charge is 0.497 e. The van der Waals surface area contributed by atoms with E-state index in [0.717, 1.165) is 41.0 Å². The molecule has 1 aliphatic carbocycles. The third kappa shape index (κ3) is 9.73. The third-order valence-electron chi connectivity index (χ3n) is 9.13. The summed E-state index contributed by atoms with van der Waals surface area (Å²) in [4.78, 5) is 22.3. The van der Waals surface area contributed by atoms with Crippen molar-refractivity contribution in [1.82, 2.24) is 5.32 Å². The molecule has 0 spiro atoms. The van der Waals surface area contributed by atoms with E-state index in [1.165, 1.54) is 0 Å². The minimum absolute atomic E-state index is 0.0685. The number of hydrogen-bond acceptors (Lipinski definition) is 12. The van der Waals surface area contributed by atoms with Crippen molar-refractivity contribution >= 4 is 24.3 Å². The highest BCUT2D eigenvalue weighted by Crippen LogP contribution is 2.44. The van der Waals surface area contributed by atoms with Gasteiger partial charge in [-0.05, 0) is 89.7 Å². The van der Waals surface area contributed by atoms with E-state index in [1.807, 2.05) is 67.5 Å². The number of nitrogens with one attached hydrogen (secondary N) is 1. The molecule has 55 heavy (non-hydrogen) atoms. The highest BCUT2D eigenvalue weighted by Gasteiger charge is 2.34. The van der Waals surface area contributed by atoms with Crippen LogP contribution in [0.15, 0.2) is 66.7 Å². The van der Waals surface area contributed by atoms with Gasteiger partial charge >= 0.3 is 0 Å². The molecular formula is C42H49NO12. The van der Waals surface area contributed by atoms with Crippen LogP contribution in [-0.2, 0) is 20.7 Å². The zero-order valence-electron chi connectivity index (χ0n) is 32.5. The van der Waals surface area contributed by atoms with Gasteiger partial charge in [0.25, 0.3) is 5.91 Å². The molecule has 0 fully saturated rings. The fourth-order valence-corrected chi connectivity index (χ4v) is 6.48. The molecule has 0 bridgehead atoms. The van der Waals surface area contributed by atoms with Gasteiger partial charge in [-0.3, -0.25) is 4.79 Å². The van der Waals surface area contributed by atoms with E-state index in [1.54, 1.807) is 69.0 Å². The fourth-order valence-electron chi connectivity index (χ4n) is 6.48. The number of carbonyl (C=O) groups is 2. The smallest absolute Gasteiger partial charge is 0.252 e. The van der Waals surface area contributed by atoms with Crippen molar-refractivity contribution < 1.29 is 57.0 Å². The van der Waals surface area contributed by atoms with Crippen LogP contribution in [0.2, 0.25) is 0 Å². The Bertz CT molecular complexity index is 1860. The maximum Gasteiger partial charge on any atom is 0.252 e. The van der Waals surface area contributed by atoms with Crippen molar-refractivity contribution in [2.45, 2.75) is 18.9 Å². The molecule has 13 nitrogen and oxygen atoms in total. The van der Waals surface area contributed by atoms with E-state index >= 15 is 0 Å². The molecular weight excluding hydrogens is 710 g/mol. The maximum atomic E-state index is 14.3. The van der Waals surface area contributed by atoms with Gasteiger partial charge in [-0.25, -0.2) is 0 Å². The minimum Gasteiger partial charge on any atom is -0.497 e. The first-order chi connectivity index (χ1) is 26.8. The van der Waals surface area contributed by atoms with Gasteiger partial charge in [0.15, 0.2) is 34.5 Å². The molecule has 0 aromatic heterocycles. The lowest BCUT2D eigenvalue weighted by atomic mass is 9.79. The summed E-state index contributed by atoms with van der Waals surface area (Å²) in [6.07, 6.45) is 3.55. The predicted molar refractivity (Wildman–Crippen MR) is 207 cm³/mol. The summed E-state index contributed by atoms with van der Waals surface area (Å²) < 4.78 is 54.1. The Balaban J connectivity index is 0.000000407. The first-order valence-corrected chi connectivity index (χ1v) is 17.2. The Labute approximate surface area is 321 Å². The van der Waals surface area contributed by atoms with Crippen LogP contribution in [0.3, 0.4) is 0 Å². The van der Waals surface area contributed by atoms with E-state index in [0.29, 0.717) is 58.0 Å². The zero-order chi connectivity index (χ0) is 39.9. The molecule has 13 heteroatoms. The highest BCUT2D eigenvalue weighted by atomic mass is 16.7. The first-order valence-electron chi connectivity index (χ1n) is 17.2. The lowest BCUT2D eigenvalue weighted by molar-refractivity contribution is -0.117. The molecule has 294 valence electrons. The number of para-hydroxylation sites is 1. The number of fused-ring (bicyclic) bond motifs is 2. The normalized spacial score (nSPS) is 15.1. The molecule has 4 aromatic rings. The van der Waals surface area contributed by atoms with Gasteiger partial charge in [-0.15, -0.1) is 0 Å². The first kappa shape index (κ1) is 41.7. The van der Waals surface area contributed by atoms with Crippen molar-refractivity contribution in [3.8, 4) is 51.7 Å². The van der Waals surface area contributed by atoms with Gasteiger partial charge < -0.3 is 57.5 Å². The van der Waals surface area contributed by atoms with Crippen molar-refractivity contribution in [3.05, 3.63) is 89.0 Å². The summed E-state index contributed by atoms with van der Waals surface area (Å²) in [6.45, 7) is 2.69. The van der Waals surface area contributed by atoms with E-state index < -0.39 is 0 Å². The molecule has 0 saturated heterocycles. The van der Waals surface area contributed by atoms with Crippen molar-refractivity contribution in [2.75, 3.05) is 70.3 Å². The van der Waals surface area contributed by atoms with Gasteiger partial charge in [0.1, 0.15) is 12.5 Å². The molecule has 1 amide bonds. The molecule has 0 radical (unpaired) electrons. The Hall–Kier alpha value is -6.08. The van der Waals surface area contributed by atoms with Gasteiger partial charge in [-0.1, -0.05) is 18.2 Å². The summed E-state index contributed by atoms with van der Waals surface area (Å²) >= 11 is 0. The average molecular weight is 760 g/mol. The number of aryl methyl sites for hydroxylation is 1. The summed E-state index contributed by atoms with van der Waals surface area (Å²) in [5.41, 5.74) is 3.99. The maximum absolute atomic E-state index is 14.3. The third-order valence-corrected chi connectivity index (χ3v) is 9.13. The minimum atomic E-state index is -0.304. The number of benzene rings is 4. The van der Waals surface area contributed by atoms with Crippen LogP contribution in [0.25, 0.3) is 11.6 Å². The summed E-state index contributed by atoms with van der Waals surface area (Å²) in [5.74, 6) is 5.27. The van der Waals surface area contributed by atoms with Crippen LogP contribution in [-0.4, -0.2) is 83.0 Å². The lowest BCUT2D eigenvalue weighted by Crippen LogP contribution is -2.38. The molecule has 6 rings (SSSR count). The number of amides is 1. The molecule has 1 aliphatic heterocycles. The van der Waals surface area contributed by atoms with Crippen molar-refractivity contribution in [2.24, 2.45) is 5.92 Å². The number of hydrogen-bond donors (Lipinski definition) is 1. The van der Waals surface area contributed by atoms with E-state index in [2.05, 4.69) is 5.32 Å². The molecule has 2 atom stereocenters. The molecule has 1 N–H and O–H groups in total. The van der Waals surface area contributed by atoms with E-state index in [4.69, 9.17) is 52.2 Å². The second-order valence-electron chi connectivity index (χ2n) is 12.1. The van der Waals surface area contributed by atoms with Crippen LogP contribution in [0.4, 0.5) is 0 Å². The Morgan fingerprint density at radius 1 is 0.727 bits per heavy atom. The lowest BCUT2D eigenvalue weighted by Gasteiger charge is -2.34. The van der Waals surface area contributed by atoms with Gasteiger partial charge in [0.05, 0.1) is 62.4 Å². The second kappa shape index (κ2) is 20.4. The number of ether oxygens (including phenoxy) is 10. The molecule has 4 aromatic carbocycles. The topological polar surface area (TPSA) is 138 Å². The molecule has 0 saturated carbocycles. The van der Waals surface area contributed by atoms with Crippen LogP contribution in [0, 0.1) is 5.92 Å². The van der Waals surface area contributed by atoms with Gasteiger partial charge in [-0.2, -0.15) is 0 Å². The van der Waals surface area contributed by atoms with Crippen LogP contribution < -0.4 is 47.9 Å². The zero-order valence-corrected chi connectivity index (χ0v) is 32.5. The molecule has 1 unspecified atom stereocenters. The number of carbonyl (C=O) groups excluding carboxylic acids is 2. The Morgan fingerprint density at radius 3 is 1.82 bits per heavy atom. The monoisotopic (exact) mass is 759 g/mol. The second-order valence-corrected chi connectivity index (χ2v) is 12.1. The van der Waals surface area contributed by atoms with Crippen molar-refractivity contribution in [3.63, 3.8) is 0 Å². The highest BCUT2D eigenvalue weighted by molar-refractivity contribution is 6.24. The van der Waals surface area contributed by atoms with Crippen LogP contribution >= 0.6 is 0 Å². The average Bonchev–Trinajstić information content (AvgIpc) is 3.70. The predicted octanol–water partition coefficient (Wildman–Crippen LogP) is 6.58. The quantitative estimate of drug-likeness (QED) is 0.116. The summed E-state index contributed by atoms with van der Waals surface area (Å²) in [5, 5.41) is 3.32.